The molecule has 7 heteroatoms. The first-order chi connectivity index (χ1) is 14.3. The van der Waals surface area contributed by atoms with Crippen LogP contribution in [0.2, 0.25) is 0 Å². The number of nitrogens with zero attached hydrogens (tertiary/aromatic N) is 1. The number of para-hydroxylation sites is 1. The van der Waals surface area contributed by atoms with Gasteiger partial charge in [0.25, 0.3) is 0 Å². The number of hydrogen-bond acceptors (Lipinski definition) is 6. The fraction of sp³-hybridized carbons (Fsp3) is 0.652. The Labute approximate surface area is 177 Å². The molecule has 1 aliphatic carbocycles. The number of ether oxygens (including phenoxy) is 1. The van der Waals surface area contributed by atoms with Gasteiger partial charge in [0.2, 0.25) is 0 Å². The van der Waals surface area contributed by atoms with Crippen molar-refractivity contribution in [1.29, 1.82) is 0 Å². The number of carbonyl (C=O) groups excluding carboxylic acids is 1. The molecule has 0 bridgehead atoms. The van der Waals surface area contributed by atoms with Gasteiger partial charge in [0.1, 0.15) is 24.2 Å². The van der Waals surface area contributed by atoms with E-state index in [4.69, 9.17) is 9.84 Å². The molecule has 1 aromatic carbocycles. The van der Waals surface area contributed by atoms with Crippen molar-refractivity contribution < 1.29 is 24.5 Å². The molecular weight excluding hydrogens is 386 g/mol. The van der Waals surface area contributed by atoms with Crippen LogP contribution < -0.4 is 4.74 Å². The first-order valence-electron chi connectivity index (χ1n) is 10.8. The third-order valence-electron chi connectivity index (χ3n) is 5.94. The first-order valence-corrected chi connectivity index (χ1v) is 10.8. The van der Waals surface area contributed by atoms with Crippen LogP contribution in [0.4, 0.5) is 0 Å². The highest BCUT2D eigenvalue weighted by Gasteiger charge is 2.43. The van der Waals surface area contributed by atoms with Crippen LogP contribution in [0.1, 0.15) is 64.7 Å². The number of hydrogen-bond donors (Lipinski definition) is 2. The highest BCUT2D eigenvalue weighted by atomic mass is 16.5. The molecule has 30 heavy (non-hydrogen) atoms. The predicted octanol–water partition coefficient (Wildman–Crippen LogP) is 4.36. The van der Waals surface area contributed by atoms with E-state index in [1.807, 2.05) is 30.3 Å². The van der Waals surface area contributed by atoms with Crippen molar-refractivity contribution in [1.82, 2.24) is 0 Å². The summed E-state index contributed by atoms with van der Waals surface area (Å²) >= 11 is 0. The summed E-state index contributed by atoms with van der Waals surface area (Å²) in [6.07, 6.45) is 5.14. The van der Waals surface area contributed by atoms with E-state index in [-0.39, 0.29) is 37.1 Å². The topological polar surface area (TPSA) is 113 Å². The molecule has 0 aliphatic heterocycles. The second-order valence-corrected chi connectivity index (χ2v) is 8.60. The van der Waals surface area contributed by atoms with E-state index in [0.29, 0.717) is 31.4 Å². The fourth-order valence-electron chi connectivity index (χ4n) is 4.20. The Morgan fingerprint density at radius 3 is 2.53 bits per heavy atom. The summed E-state index contributed by atoms with van der Waals surface area (Å²) in [6.45, 7) is 1.83. The van der Waals surface area contributed by atoms with Gasteiger partial charge in [-0.1, -0.05) is 42.6 Å². The maximum Gasteiger partial charge on any atom is 0.303 e. The number of nitroso groups, excluding NO2 is 1. The third-order valence-corrected chi connectivity index (χ3v) is 5.94. The Morgan fingerprint density at radius 1 is 1.17 bits per heavy atom. The Bertz CT molecular complexity index is 690. The summed E-state index contributed by atoms with van der Waals surface area (Å²) in [5.74, 6) is -0.392. The Hall–Kier alpha value is -2.28. The van der Waals surface area contributed by atoms with Crippen LogP contribution in [-0.4, -0.2) is 40.2 Å². The molecule has 0 heterocycles. The van der Waals surface area contributed by atoms with Crippen LogP contribution in [0.3, 0.4) is 0 Å². The van der Waals surface area contributed by atoms with Crippen LogP contribution in [0, 0.1) is 16.7 Å². The molecule has 4 atom stereocenters. The molecule has 0 spiro atoms. The van der Waals surface area contributed by atoms with Crippen LogP contribution in [0.25, 0.3) is 0 Å². The molecular formula is C23H33NO6. The minimum Gasteiger partial charge on any atom is -0.491 e. The van der Waals surface area contributed by atoms with Crippen molar-refractivity contribution in [3.05, 3.63) is 35.2 Å². The Morgan fingerprint density at radius 2 is 1.87 bits per heavy atom. The summed E-state index contributed by atoms with van der Waals surface area (Å²) in [5, 5.41) is 22.6. The van der Waals surface area contributed by atoms with Gasteiger partial charge in [-0.2, -0.15) is 4.91 Å². The van der Waals surface area contributed by atoms with Crippen LogP contribution in [-0.2, 0) is 9.59 Å². The van der Waals surface area contributed by atoms with E-state index in [1.165, 1.54) is 0 Å². The van der Waals surface area contributed by atoms with E-state index in [0.717, 1.165) is 19.3 Å². The number of rotatable bonds is 14. The number of carboxylic acid groups (broad SMARTS) is 1. The number of carboxylic acids is 1. The van der Waals surface area contributed by atoms with Gasteiger partial charge >= 0.3 is 5.97 Å². The van der Waals surface area contributed by atoms with E-state index in [2.05, 4.69) is 5.18 Å². The van der Waals surface area contributed by atoms with Gasteiger partial charge in [-0.15, -0.1) is 0 Å². The van der Waals surface area contributed by atoms with E-state index in [9.17, 15) is 19.6 Å². The average molecular weight is 420 g/mol. The number of aliphatic hydroxyl groups is 1. The summed E-state index contributed by atoms with van der Waals surface area (Å²) in [5.41, 5.74) is -1.07. The molecule has 2 rings (SSSR count). The van der Waals surface area contributed by atoms with Crippen molar-refractivity contribution >= 4 is 11.8 Å². The first kappa shape index (κ1) is 24.0. The molecule has 1 saturated carbocycles. The van der Waals surface area contributed by atoms with Gasteiger partial charge in [-0.05, 0) is 50.7 Å². The average Bonchev–Trinajstić information content (AvgIpc) is 3.03. The van der Waals surface area contributed by atoms with E-state index in [1.54, 1.807) is 6.92 Å². The minimum absolute atomic E-state index is 0.0790. The van der Waals surface area contributed by atoms with Crippen LogP contribution in [0.5, 0.6) is 5.75 Å². The summed E-state index contributed by atoms with van der Waals surface area (Å²) < 4.78 is 5.66. The van der Waals surface area contributed by atoms with E-state index >= 15 is 0 Å². The standard InChI is InChI=1S/C23H33NO6/c1-23(28,16-30-17-9-5-4-6-10-17)14-13-18-19(21(25)15-20(18)24-29)11-7-2-3-8-12-22(26)27/h4-6,9-10,18-20,28H,2-3,7-8,11-16H2,1H3,(H,26,27)/t18-,19-,20?,23?/m1/s1. The number of ketones is 1. The lowest BCUT2D eigenvalue weighted by Crippen LogP contribution is -2.34. The van der Waals surface area contributed by atoms with Gasteiger partial charge in [-0.25, -0.2) is 0 Å². The fourth-order valence-corrected chi connectivity index (χ4v) is 4.20. The number of Topliss-reactive ketones (excluding diaryl/α,β-unsaturated/α-hetero) is 1. The number of benzene rings is 1. The second-order valence-electron chi connectivity index (χ2n) is 8.60. The lowest BCUT2D eigenvalue weighted by molar-refractivity contribution is -0.137. The summed E-state index contributed by atoms with van der Waals surface area (Å²) in [7, 11) is 0. The molecule has 0 amide bonds. The number of aliphatic carboxylic acids is 1. The maximum absolute atomic E-state index is 12.4. The Balaban J connectivity index is 1.82. The molecule has 0 saturated heterocycles. The molecule has 2 unspecified atom stereocenters. The molecule has 1 aliphatic rings. The molecule has 7 nitrogen and oxygen atoms in total. The molecule has 166 valence electrons. The van der Waals surface area contributed by atoms with Crippen LogP contribution >= 0.6 is 0 Å². The molecule has 1 fully saturated rings. The minimum atomic E-state index is -1.07. The van der Waals surface area contributed by atoms with Gasteiger partial charge in [0.15, 0.2) is 0 Å². The molecule has 1 aromatic rings. The number of carbonyl (C=O) groups is 2. The third kappa shape index (κ3) is 7.86. The van der Waals surface area contributed by atoms with Crippen molar-refractivity contribution in [2.75, 3.05) is 6.61 Å². The highest BCUT2D eigenvalue weighted by molar-refractivity contribution is 5.84. The van der Waals surface area contributed by atoms with Crippen molar-refractivity contribution in [2.24, 2.45) is 17.0 Å². The van der Waals surface area contributed by atoms with Gasteiger partial charge in [0.05, 0.1) is 5.60 Å². The zero-order valence-electron chi connectivity index (χ0n) is 17.7. The quantitative estimate of drug-likeness (QED) is 0.342. The zero-order valence-corrected chi connectivity index (χ0v) is 17.7. The Kier molecular flexibility index (Phi) is 9.43. The zero-order chi connectivity index (χ0) is 22.0. The highest BCUT2D eigenvalue weighted by Crippen LogP contribution is 2.39. The molecule has 0 aromatic heterocycles. The summed E-state index contributed by atoms with van der Waals surface area (Å²) in [4.78, 5) is 34.3. The number of unbranched alkanes of at least 4 members (excludes halogenated alkanes) is 3. The second kappa shape index (κ2) is 11.8. The largest absolute Gasteiger partial charge is 0.491 e. The van der Waals surface area contributed by atoms with Crippen molar-refractivity contribution in [3.8, 4) is 5.75 Å². The maximum atomic E-state index is 12.4. The van der Waals surface area contributed by atoms with Gasteiger partial charge < -0.3 is 14.9 Å². The van der Waals surface area contributed by atoms with Crippen molar-refractivity contribution in [3.63, 3.8) is 0 Å². The summed E-state index contributed by atoms with van der Waals surface area (Å²) in [6, 6.07) is 8.73. The SMILES string of the molecule is CC(O)(CC[C@H]1C(N=O)CC(=O)[C@@H]1CCCCCCC(=O)O)COc1ccccc1. The van der Waals surface area contributed by atoms with Gasteiger partial charge in [0, 0.05) is 18.8 Å². The molecule has 2 N–H and O–H groups in total. The predicted molar refractivity (Wildman–Crippen MR) is 113 cm³/mol. The smallest absolute Gasteiger partial charge is 0.303 e. The van der Waals surface area contributed by atoms with Gasteiger partial charge in [-0.3, -0.25) is 9.59 Å². The van der Waals surface area contributed by atoms with Crippen LogP contribution in [0.15, 0.2) is 35.5 Å². The van der Waals surface area contributed by atoms with E-state index < -0.39 is 17.6 Å². The lowest BCUT2D eigenvalue weighted by atomic mass is 9.83. The molecule has 0 radical (unpaired) electrons. The normalized spacial score (nSPS) is 23.1. The van der Waals surface area contributed by atoms with Crippen molar-refractivity contribution in [2.45, 2.75) is 76.4 Å². The lowest BCUT2D eigenvalue weighted by Gasteiger charge is -2.27. The monoisotopic (exact) mass is 419 g/mol.